The number of benzene rings is 1. The van der Waals surface area contributed by atoms with E-state index in [1.807, 2.05) is 64.4 Å². The number of aryl methyl sites for hydroxylation is 1. The summed E-state index contributed by atoms with van der Waals surface area (Å²) in [6.45, 7) is 10.8. The largest absolute Gasteiger partial charge is 0.453 e. The number of carbonyl (C=O) groups excluding carboxylic acids is 4. The lowest BCUT2D eigenvalue weighted by atomic mass is 9.57. The van der Waals surface area contributed by atoms with E-state index in [-0.39, 0.29) is 54.2 Å². The summed E-state index contributed by atoms with van der Waals surface area (Å²) in [7, 11) is 1.38. The molecule has 11 nitrogen and oxygen atoms in total. The molecule has 3 fully saturated rings. The van der Waals surface area contributed by atoms with Crippen LogP contribution in [0.5, 0.6) is 0 Å². The molecule has 0 radical (unpaired) electrons. The number of β-amino-alcohol motifs (C(OH)–C–C–N with tert-alkyl or cyclic N) is 1. The van der Waals surface area contributed by atoms with E-state index in [0.29, 0.717) is 13.1 Å². The van der Waals surface area contributed by atoms with Crippen molar-refractivity contribution in [3.05, 3.63) is 41.0 Å². The zero-order valence-corrected chi connectivity index (χ0v) is 28.5. The Kier molecular flexibility index (Phi) is 9.79. The Morgan fingerprint density at radius 2 is 1.72 bits per heavy atom. The topological polar surface area (TPSA) is 141 Å². The van der Waals surface area contributed by atoms with Gasteiger partial charge >= 0.3 is 6.09 Å². The first kappa shape index (κ1) is 33.8. The van der Waals surface area contributed by atoms with Crippen LogP contribution in [0.25, 0.3) is 10.4 Å². The first-order chi connectivity index (χ1) is 21.7. The second-order valence-electron chi connectivity index (χ2n) is 14.4. The number of nitrogens with zero attached hydrogens (tertiary/aromatic N) is 3. The zero-order valence-electron chi connectivity index (χ0n) is 27.7. The molecular formula is C34H47N5O6S. The molecule has 1 saturated carbocycles. The van der Waals surface area contributed by atoms with Crippen LogP contribution >= 0.6 is 11.3 Å². The summed E-state index contributed by atoms with van der Waals surface area (Å²) >= 11 is 1.58. The van der Waals surface area contributed by atoms with E-state index >= 15 is 0 Å². The molecule has 5 rings (SSSR count). The molecule has 0 bridgehead atoms. The van der Waals surface area contributed by atoms with Crippen LogP contribution in [0.3, 0.4) is 0 Å². The highest BCUT2D eigenvalue weighted by Crippen LogP contribution is 2.52. The molecule has 3 heterocycles. The number of thiazole rings is 1. The van der Waals surface area contributed by atoms with Crippen molar-refractivity contribution in [2.24, 2.45) is 16.7 Å². The lowest BCUT2D eigenvalue weighted by Crippen LogP contribution is -2.60. The van der Waals surface area contributed by atoms with E-state index in [2.05, 4.69) is 15.6 Å². The number of aliphatic hydroxyl groups is 1. The van der Waals surface area contributed by atoms with Gasteiger partial charge in [0.1, 0.15) is 12.1 Å². The van der Waals surface area contributed by atoms with E-state index in [4.69, 9.17) is 4.74 Å². The van der Waals surface area contributed by atoms with Gasteiger partial charge in [0.25, 0.3) is 0 Å². The smallest absolute Gasteiger partial charge is 0.409 e. The van der Waals surface area contributed by atoms with E-state index in [9.17, 15) is 24.3 Å². The van der Waals surface area contributed by atoms with Crippen LogP contribution in [0.15, 0.2) is 29.8 Å². The molecule has 3 aliphatic rings. The minimum absolute atomic E-state index is 0.0277. The molecule has 46 heavy (non-hydrogen) atoms. The van der Waals surface area contributed by atoms with Gasteiger partial charge in [-0.05, 0) is 61.5 Å². The summed E-state index contributed by atoms with van der Waals surface area (Å²) in [5.41, 5.74) is 4.19. The molecule has 2 aromatic rings. The number of hydrogen-bond acceptors (Lipinski definition) is 8. The standard InChI is InChI=1S/C34H47N5O6S/c1-20(22-7-9-23(10-8-22)27-21(2)35-19-46-27)36-30(42)26-15-25(40)18-39(26)31(43)28(33(3,4)5)37-29(41)24-16-34(17-24)11-13-38(14-12-34)32(44)45-6/h7-10,19-20,24-26,28,40H,11-18H2,1-6H3,(H,36,42)(H,37,41)/t20-,25+,26-,28+/m0/s1. The van der Waals surface area contributed by atoms with Gasteiger partial charge in [-0.1, -0.05) is 45.0 Å². The SMILES string of the molecule is COC(=O)N1CCC2(CC1)CC(C(=O)N[C@H](C(=O)N1C[C@H](O)C[C@H]1C(=O)N[C@@H](C)c1ccc(-c3scnc3C)cc1)C(C)(C)C)C2. The number of carbonyl (C=O) groups is 4. The number of nitrogens with one attached hydrogen (secondary N) is 2. The lowest BCUT2D eigenvalue weighted by molar-refractivity contribution is -0.146. The number of hydrogen-bond donors (Lipinski definition) is 3. The molecule has 4 atom stereocenters. The second-order valence-corrected chi connectivity index (χ2v) is 15.2. The number of rotatable bonds is 7. The number of piperidine rings is 1. The first-order valence-electron chi connectivity index (χ1n) is 16.1. The number of methoxy groups -OCH3 is 1. The van der Waals surface area contributed by atoms with Gasteiger partial charge in [-0.25, -0.2) is 9.78 Å². The molecule has 250 valence electrons. The van der Waals surface area contributed by atoms with Crippen LogP contribution in [-0.4, -0.2) is 88.6 Å². The zero-order chi connectivity index (χ0) is 33.4. The van der Waals surface area contributed by atoms with Gasteiger partial charge in [0, 0.05) is 32.0 Å². The summed E-state index contributed by atoms with van der Waals surface area (Å²) in [6.07, 6.45) is 2.06. The highest BCUT2D eigenvalue weighted by molar-refractivity contribution is 7.13. The molecule has 3 N–H and O–H groups in total. The second kappa shape index (κ2) is 13.3. The first-order valence-corrected chi connectivity index (χ1v) is 17.0. The maximum absolute atomic E-state index is 14.0. The number of aliphatic hydroxyl groups excluding tert-OH is 1. The Balaban J connectivity index is 1.20. The molecule has 4 amide bonds. The molecule has 1 spiro atoms. The van der Waals surface area contributed by atoms with Gasteiger partial charge in [-0.2, -0.15) is 0 Å². The molecule has 1 aromatic carbocycles. The summed E-state index contributed by atoms with van der Waals surface area (Å²) in [5, 5.41) is 16.6. The Morgan fingerprint density at radius 3 is 2.28 bits per heavy atom. The number of ether oxygens (including phenoxy) is 1. The summed E-state index contributed by atoms with van der Waals surface area (Å²) in [5.74, 6) is -1.08. The maximum Gasteiger partial charge on any atom is 0.409 e. The maximum atomic E-state index is 14.0. The molecule has 2 aliphatic heterocycles. The minimum atomic E-state index is -0.863. The van der Waals surface area contributed by atoms with Crippen molar-refractivity contribution in [1.29, 1.82) is 0 Å². The van der Waals surface area contributed by atoms with Crippen LogP contribution in [0, 0.1) is 23.7 Å². The third-order valence-electron chi connectivity index (χ3n) is 10.0. The Labute approximate surface area is 275 Å². The van der Waals surface area contributed by atoms with E-state index in [1.165, 1.54) is 12.0 Å². The molecule has 0 unspecified atom stereocenters. The summed E-state index contributed by atoms with van der Waals surface area (Å²) < 4.78 is 4.84. The molecule has 1 aromatic heterocycles. The Bertz CT molecular complexity index is 1440. The van der Waals surface area contributed by atoms with Crippen molar-refractivity contribution in [2.45, 2.75) is 91.0 Å². The van der Waals surface area contributed by atoms with Crippen molar-refractivity contribution in [1.82, 2.24) is 25.4 Å². The van der Waals surface area contributed by atoms with Gasteiger partial charge < -0.3 is 30.3 Å². The fourth-order valence-corrected chi connectivity index (χ4v) is 7.96. The number of aromatic nitrogens is 1. The van der Waals surface area contributed by atoms with Crippen molar-refractivity contribution in [3.8, 4) is 10.4 Å². The third kappa shape index (κ3) is 7.07. The van der Waals surface area contributed by atoms with Gasteiger partial charge in [-0.15, -0.1) is 11.3 Å². The normalized spacial score (nSPS) is 22.6. The molecule has 2 saturated heterocycles. The van der Waals surface area contributed by atoms with Gasteiger partial charge in [0.2, 0.25) is 17.7 Å². The van der Waals surface area contributed by atoms with Crippen molar-refractivity contribution >= 4 is 35.2 Å². The van der Waals surface area contributed by atoms with Crippen LogP contribution in [0.1, 0.15) is 77.1 Å². The van der Waals surface area contributed by atoms with E-state index < -0.39 is 23.6 Å². The predicted octanol–water partition coefficient (Wildman–Crippen LogP) is 4.05. The fraction of sp³-hybridized carbons (Fsp3) is 0.618. The highest BCUT2D eigenvalue weighted by atomic mass is 32.1. The van der Waals surface area contributed by atoms with Gasteiger partial charge in [0.15, 0.2) is 0 Å². The quantitative estimate of drug-likeness (QED) is 0.410. The van der Waals surface area contributed by atoms with E-state index in [0.717, 1.165) is 47.4 Å². The highest BCUT2D eigenvalue weighted by Gasteiger charge is 2.51. The van der Waals surface area contributed by atoms with Gasteiger partial charge in [-0.3, -0.25) is 14.4 Å². The Morgan fingerprint density at radius 1 is 1.07 bits per heavy atom. The fourth-order valence-electron chi connectivity index (χ4n) is 7.15. The molecular weight excluding hydrogens is 606 g/mol. The van der Waals surface area contributed by atoms with Crippen molar-refractivity contribution in [3.63, 3.8) is 0 Å². The van der Waals surface area contributed by atoms with Crippen molar-refractivity contribution in [2.75, 3.05) is 26.7 Å². The number of amides is 4. The summed E-state index contributed by atoms with van der Waals surface area (Å²) in [6, 6.07) is 5.95. The molecule has 1 aliphatic carbocycles. The van der Waals surface area contributed by atoms with Crippen molar-refractivity contribution < 1.29 is 29.0 Å². The average molecular weight is 654 g/mol. The lowest BCUT2D eigenvalue weighted by Gasteiger charge is -2.51. The van der Waals surface area contributed by atoms with Crippen LogP contribution in [0.2, 0.25) is 0 Å². The summed E-state index contributed by atoms with van der Waals surface area (Å²) in [4.78, 5) is 61.5. The third-order valence-corrected chi connectivity index (χ3v) is 11.0. The Hall–Kier alpha value is -3.51. The van der Waals surface area contributed by atoms with Gasteiger partial charge in [0.05, 0.1) is 35.3 Å². The minimum Gasteiger partial charge on any atom is -0.453 e. The molecule has 12 heteroatoms. The average Bonchev–Trinajstić information content (AvgIpc) is 3.62. The number of likely N-dealkylation sites (tertiary alicyclic amines) is 2. The van der Waals surface area contributed by atoms with E-state index in [1.54, 1.807) is 16.2 Å². The predicted molar refractivity (Wildman–Crippen MR) is 175 cm³/mol. The van der Waals surface area contributed by atoms with Crippen LogP contribution < -0.4 is 10.6 Å². The monoisotopic (exact) mass is 653 g/mol. The van der Waals surface area contributed by atoms with Crippen LogP contribution in [0.4, 0.5) is 4.79 Å². The van der Waals surface area contributed by atoms with Crippen LogP contribution in [-0.2, 0) is 19.1 Å².